The first-order chi connectivity index (χ1) is 33.8. The van der Waals surface area contributed by atoms with E-state index in [-0.39, 0.29) is 10.8 Å². The van der Waals surface area contributed by atoms with E-state index >= 15 is 0 Å². The van der Waals surface area contributed by atoms with Crippen molar-refractivity contribution < 1.29 is 0 Å². The number of anilines is 3. The van der Waals surface area contributed by atoms with Crippen LogP contribution in [0.4, 0.5) is 17.1 Å². The van der Waals surface area contributed by atoms with Crippen LogP contribution in [0.25, 0.3) is 55.6 Å². The summed E-state index contributed by atoms with van der Waals surface area (Å²) in [4.78, 5) is 2.69. The van der Waals surface area contributed by atoms with Crippen LogP contribution in [0.1, 0.15) is 83.3 Å². The average molecular weight is 880 g/mol. The monoisotopic (exact) mass is 879 g/mol. The molecule has 10 aromatic rings. The van der Waals surface area contributed by atoms with E-state index in [4.69, 9.17) is 0 Å². The van der Waals surface area contributed by atoms with E-state index < -0.39 is 10.8 Å². The van der Waals surface area contributed by atoms with Crippen LogP contribution in [0, 0.1) is 0 Å². The van der Waals surface area contributed by atoms with E-state index in [1.54, 1.807) is 0 Å². The standard InChI is InChI=1S/C68H49N/c1-65(2)53-30-13-11-27-51(53)63-59(65)36-20-37-61(63)69(42-39-40-49-43-21-5-12-29-52(43)66(3,4)60(49)41-42)62-38-19-28-50-48-26-10-16-33-56(48)67-54-31-14-6-22-44(54)46-24-8-17-34-57(46)68(67,64(50)62)58-35-18-9-25-47(58)45-23-7-15-32-55(45)67/h5-41H,1-4H3. The minimum absolute atomic E-state index is 0.184. The SMILES string of the molecule is CC1(C)c2ccccc2-c2ccc(N(c3cccc4c3-c3ccccc3C4(C)C)c3cccc4c3C35c6ccccc6-c6ccccc6C3(c3ccccc3-c3ccccc35)c3ccccc3-4)cc21. The first kappa shape index (κ1) is 39.0. The molecule has 0 fully saturated rings. The highest BCUT2D eigenvalue weighted by molar-refractivity contribution is 6.03. The van der Waals surface area contributed by atoms with Gasteiger partial charge in [-0.3, -0.25) is 0 Å². The van der Waals surface area contributed by atoms with Crippen molar-refractivity contribution in [2.75, 3.05) is 4.90 Å². The summed E-state index contributed by atoms with van der Waals surface area (Å²) in [6.07, 6.45) is 0. The normalized spacial score (nSPS) is 19.1. The van der Waals surface area contributed by atoms with Gasteiger partial charge in [0.1, 0.15) is 0 Å². The molecule has 0 amide bonds. The van der Waals surface area contributed by atoms with Crippen LogP contribution in [0.2, 0.25) is 0 Å². The Bertz CT molecular complexity index is 3790. The van der Waals surface area contributed by atoms with Gasteiger partial charge in [0, 0.05) is 27.6 Å². The molecule has 0 atom stereocenters. The summed E-state index contributed by atoms with van der Waals surface area (Å²) in [7, 11) is 0. The topological polar surface area (TPSA) is 3.24 Å². The van der Waals surface area contributed by atoms with Gasteiger partial charge in [-0.05, 0) is 124 Å². The van der Waals surface area contributed by atoms with Gasteiger partial charge in [-0.15, -0.1) is 0 Å². The van der Waals surface area contributed by atoms with Crippen molar-refractivity contribution in [3.05, 3.63) is 280 Å². The molecule has 1 nitrogen and oxygen atoms in total. The van der Waals surface area contributed by atoms with E-state index in [1.165, 1.54) is 123 Å². The van der Waals surface area contributed by atoms with Crippen molar-refractivity contribution >= 4 is 17.1 Å². The Morgan fingerprint density at radius 1 is 0.261 bits per heavy atom. The van der Waals surface area contributed by atoms with Crippen molar-refractivity contribution in [1.29, 1.82) is 0 Å². The maximum Gasteiger partial charge on any atom is 0.0668 e. The van der Waals surface area contributed by atoms with Crippen LogP contribution < -0.4 is 4.90 Å². The van der Waals surface area contributed by atoms with E-state index in [9.17, 15) is 0 Å². The van der Waals surface area contributed by atoms with E-state index in [2.05, 4.69) is 257 Å². The number of benzene rings is 10. The molecule has 5 aliphatic carbocycles. The second kappa shape index (κ2) is 13.4. The lowest BCUT2D eigenvalue weighted by atomic mass is 9.38. The predicted octanol–water partition coefficient (Wildman–Crippen LogP) is 17.1. The first-order valence-corrected chi connectivity index (χ1v) is 24.7. The summed E-state index contributed by atoms with van der Waals surface area (Å²) in [5, 5.41) is 0. The van der Waals surface area contributed by atoms with Gasteiger partial charge in [-0.25, -0.2) is 0 Å². The maximum atomic E-state index is 2.69. The van der Waals surface area contributed by atoms with Gasteiger partial charge in [-0.1, -0.05) is 228 Å². The molecule has 5 aliphatic rings. The van der Waals surface area contributed by atoms with Crippen molar-refractivity contribution in [3.63, 3.8) is 0 Å². The summed E-state index contributed by atoms with van der Waals surface area (Å²) in [6.45, 7) is 9.63. The Morgan fingerprint density at radius 2 is 0.609 bits per heavy atom. The van der Waals surface area contributed by atoms with Crippen LogP contribution in [0.5, 0.6) is 0 Å². The molecule has 0 radical (unpaired) electrons. The zero-order chi connectivity index (χ0) is 46.0. The lowest BCUT2D eigenvalue weighted by molar-refractivity contribution is 0.406. The van der Waals surface area contributed by atoms with Gasteiger partial charge in [0.25, 0.3) is 0 Å². The summed E-state index contributed by atoms with van der Waals surface area (Å²) in [6, 6.07) is 86.7. The molecular weight excluding hydrogens is 831 g/mol. The molecular formula is C68H49N. The van der Waals surface area contributed by atoms with Gasteiger partial charge < -0.3 is 4.90 Å². The van der Waals surface area contributed by atoms with Gasteiger partial charge in [0.2, 0.25) is 0 Å². The van der Waals surface area contributed by atoms with Crippen molar-refractivity contribution in [2.45, 2.75) is 49.4 Å². The quantitative estimate of drug-likeness (QED) is 0.171. The number of fused-ring (bicyclic) bond motifs is 15. The molecule has 0 aliphatic heterocycles. The molecule has 0 heterocycles. The summed E-state index contributed by atoms with van der Waals surface area (Å²) >= 11 is 0. The molecule has 69 heavy (non-hydrogen) atoms. The lowest BCUT2D eigenvalue weighted by Gasteiger charge is -2.62. The Morgan fingerprint density at radius 3 is 1.14 bits per heavy atom. The molecule has 10 aromatic carbocycles. The molecule has 326 valence electrons. The van der Waals surface area contributed by atoms with Crippen LogP contribution in [0.15, 0.2) is 224 Å². The van der Waals surface area contributed by atoms with Crippen LogP contribution in [-0.2, 0) is 21.7 Å². The van der Waals surface area contributed by atoms with Gasteiger partial charge >= 0.3 is 0 Å². The maximum absolute atomic E-state index is 2.69. The predicted molar refractivity (Wildman–Crippen MR) is 285 cm³/mol. The highest BCUT2D eigenvalue weighted by atomic mass is 15.2. The summed E-state index contributed by atoms with van der Waals surface area (Å²) < 4.78 is 0. The molecule has 0 spiro atoms. The van der Waals surface area contributed by atoms with Crippen LogP contribution >= 0.6 is 0 Å². The Kier molecular flexibility index (Phi) is 7.56. The molecule has 0 bridgehead atoms. The minimum atomic E-state index is -0.733. The zero-order valence-corrected chi connectivity index (χ0v) is 39.3. The number of hydrogen-bond donors (Lipinski definition) is 0. The summed E-state index contributed by atoms with van der Waals surface area (Å²) in [5.41, 5.74) is 28.3. The second-order valence-corrected chi connectivity index (χ2v) is 21.0. The summed E-state index contributed by atoms with van der Waals surface area (Å²) in [5.74, 6) is 0. The number of hydrogen-bond acceptors (Lipinski definition) is 1. The molecule has 0 aromatic heterocycles. The smallest absolute Gasteiger partial charge is 0.0668 e. The third kappa shape index (κ3) is 4.53. The number of nitrogens with zero attached hydrogens (tertiary/aromatic N) is 1. The third-order valence-electron chi connectivity index (χ3n) is 17.4. The molecule has 0 saturated heterocycles. The minimum Gasteiger partial charge on any atom is -0.310 e. The van der Waals surface area contributed by atoms with Crippen LogP contribution in [-0.4, -0.2) is 0 Å². The Labute approximate surface area is 405 Å². The number of rotatable bonds is 3. The van der Waals surface area contributed by atoms with Crippen molar-refractivity contribution in [2.24, 2.45) is 0 Å². The molecule has 0 N–H and O–H groups in total. The van der Waals surface area contributed by atoms with Crippen molar-refractivity contribution in [1.82, 2.24) is 0 Å². The van der Waals surface area contributed by atoms with Gasteiger partial charge in [0.15, 0.2) is 0 Å². The average Bonchev–Trinajstić information content (AvgIpc) is 3.78. The largest absolute Gasteiger partial charge is 0.310 e. The molecule has 15 rings (SSSR count). The van der Waals surface area contributed by atoms with Gasteiger partial charge in [0.05, 0.1) is 22.2 Å². The zero-order valence-electron chi connectivity index (χ0n) is 39.3. The van der Waals surface area contributed by atoms with Crippen LogP contribution in [0.3, 0.4) is 0 Å². The van der Waals surface area contributed by atoms with E-state index in [1.807, 2.05) is 0 Å². The molecule has 0 unspecified atom stereocenters. The Balaban J connectivity index is 1.16. The molecule has 0 saturated carbocycles. The highest BCUT2D eigenvalue weighted by Crippen LogP contribution is 2.74. The van der Waals surface area contributed by atoms with Crippen molar-refractivity contribution in [3.8, 4) is 55.6 Å². The fourth-order valence-corrected chi connectivity index (χ4v) is 14.8. The fourth-order valence-electron chi connectivity index (χ4n) is 14.8. The molecule has 1 heteroatoms. The van der Waals surface area contributed by atoms with E-state index in [0.29, 0.717) is 0 Å². The Hall–Kier alpha value is -8.00. The highest BCUT2D eigenvalue weighted by Gasteiger charge is 2.67. The first-order valence-electron chi connectivity index (χ1n) is 24.7. The lowest BCUT2D eigenvalue weighted by Crippen LogP contribution is -2.58. The third-order valence-corrected chi connectivity index (χ3v) is 17.4. The van der Waals surface area contributed by atoms with E-state index in [0.717, 1.165) is 5.69 Å². The fraction of sp³-hybridized carbons (Fsp3) is 0.118. The van der Waals surface area contributed by atoms with Gasteiger partial charge in [-0.2, -0.15) is 0 Å². The second-order valence-electron chi connectivity index (χ2n) is 21.0.